The summed E-state index contributed by atoms with van der Waals surface area (Å²) in [5.74, 6) is -0.731. The normalized spacial score (nSPS) is 13.3. The van der Waals surface area contributed by atoms with Crippen LogP contribution in [0.25, 0.3) is 0 Å². The maximum Gasteiger partial charge on any atom is 0.587 e. The summed E-state index contributed by atoms with van der Waals surface area (Å²) in [6.07, 6.45) is 0. The Hall–Kier alpha value is -2.10. The molecule has 0 bridgehead atoms. The zero-order chi connectivity index (χ0) is 15.5. The van der Waals surface area contributed by atoms with Crippen LogP contribution in [0.2, 0.25) is 0 Å². The van der Waals surface area contributed by atoms with Crippen molar-refractivity contribution in [2.45, 2.75) is 13.8 Å². The van der Waals surface area contributed by atoms with Crippen molar-refractivity contribution in [3.8, 4) is 5.75 Å². The van der Waals surface area contributed by atoms with Crippen molar-refractivity contribution >= 4 is 13.8 Å². The first-order valence-corrected chi connectivity index (χ1v) is 7.76. The Morgan fingerprint density at radius 2 is 1.57 bits per heavy atom. The van der Waals surface area contributed by atoms with Crippen molar-refractivity contribution in [1.29, 1.82) is 0 Å². The van der Waals surface area contributed by atoms with E-state index in [9.17, 15) is 14.3 Å². The molecule has 0 saturated heterocycles. The lowest BCUT2D eigenvalue weighted by Crippen LogP contribution is -2.09. The highest BCUT2D eigenvalue weighted by molar-refractivity contribution is 7.48. The molecule has 0 aromatic heterocycles. The van der Waals surface area contributed by atoms with Gasteiger partial charge in [0.05, 0.1) is 5.56 Å². The van der Waals surface area contributed by atoms with Gasteiger partial charge in [-0.15, -0.1) is 0 Å². The fourth-order valence-corrected chi connectivity index (χ4v) is 2.65. The van der Waals surface area contributed by atoms with Crippen LogP contribution >= 0.6 is 7.82 Å². The van der Waals surface area contributed by atoms with Crippen LogP contribution in [0.4, 0.5) is 0 Å². The van der Waals surface area contributed by atoms with E-state index in [-0.39, 0.29) is 11.3 Å². The number of aryl methyl sites for hydroxylation is 2. The van der Waals surface area contributed by atoms with E-state index < -0.39 is 13.8 Å². The Bertz CT molecular complexity index is 676. The summed E-state index contributed by atoms with van der Waals surface area (Å²) in [6.45, 7) is 3.45. The van der Waals surface area contributed by atoms with E-state index in [1.165, 1.54) is 12.1 Å². The van der Waals surface area contributed by atoms with Gasteiger partial charge in [0.15, 0.2) is 0 Å². The average molecular weight is 306 g/mol. The number of carbonyl (C=O) groups is 1. The molecule has 1 atom stereocenters. The van der Waals surface area contributed by atoms with Crippen LogP contribution in [0.3, 0.4) is 0 Å². The average Bonchev–Trinajstić information content (AvgIpc) is 2.38. The number of carbonyl (C=O) groups excluding carboxylic acids is 1. The third-order valence-corrected chi connectivity index (χ3v) is 3.69. The van der Waals surface area contributed by atoms with Gasteiger partial charge in [0, 0.05) is 0 Å². The summed E-state index contributed by atoms with van der Waals surface area (Å²) < 4.78 is 21.4. The highest BCUT2D eigenvalue weighted by Gasteiger charge is 2.30. The zero-order valence-corrected chi connectivity index (χ0v) is 12.5. The fraction of sp³-hybridized carbons (Fsp3) is 0.133. The summed E-state index contributed by atoms with van der Waals surface area (Å²) >= 11 is 0. The molecular formula is C15H15O5P. The predicted octanol–water partition coefficient (Wildman–Crippen LogP) is 3.64. The Balaban J connectivity index is 2.17. The summed E-state index contributed by atoms with van der Waals surface area (Å²) in [7, 11) is -4.53. The van der Waals surface area contributed by atoms with Crippen molar-refractivity contribution < 1.29 is 23.3 Å². The highest BCUT2D eigenvalue weighted by Crippen LogP contribution is 2.44. The van der Waals surface area contributed by atoms with Gasteiger partial charge < -0.3 is 9.05 Å². The molecule has 1 unspecified atom stereocenters. The largest absolute Gasteiger partial charge is 0.587 e. The van der Waals surface area contributed by atoms with Crippen LogP contribution in [-0.4, -0.2) is 10.9 Å². The number of rotatable bonds is 4. The minimum Gasteiger partial charge on any atom is -0.395 e. The lowest BCUT2D eigenvalue weighted by molar-refractivity contribution is 0.0682. The van der Waals surface area contributed by atoms with Gasteiger partial charge in [-0.3, -0.25) is 4.89 Å². The summed E-state index contributed by atoms with van der Waals surface area (Å²) in [5.41, 5.74) is 1.60. The van der Waals surface area contributed by atoms with Gasteiger partial charge >= 0.3 is 13.8 Å². The van der Waals surface area contributed by atoms with Gasteiger partial charge in [0.2, 0.25) is 0 Å². The molecule has 0 aliphatic heterocycles. The number of benzene rings is 2. The van der Waals surface area contributed by atoms with Gasteiger partial charge in [-0.2, -0.15) is 0 Å². The van der Waals surface area contributed by atoms with Gasteiger partial charge in [-0.25, -0.2) is 9.36 Å². The van der Waals surface area contributed by atoms with E-state index in [1.54, 1.807) is 50.2 Å². The second kappa shape index (κ2) is 6.12. The van der Waals surface area contributed by atoms with Gasteiger partial charge in [-0.1, -0.05) is 36.4 Å². The third kappa shape index (κ3) is 3.94. The Kier molecular flexibility index (Phi) is 4.46. The van der Waals surface area contributed by atoms with E-state index >= 15 is 0 Å². The summed E-state index contributed by atoms with van der Waals surface area (Å²) in [4.78, 5) is 21.7. The number of phosphoric ester groups is 1. The van der Waals surface area contributed by atoms with Crippen molar-refractivity contribution in [2.24, 2.45) is 0 Å². The molecule has 0 fully saturated rings. The van der Waals surface area contributed by atoms with Crippen LogP contribution < -0.4 is 4.52 Å². The van der Waals surface area contributed by atoms with E-state index in [1.807, 2.05) is 0 Å². The number of hydrogen-bond acceptors (Lipinski definition) is 4. The van der Waals surface area contributed by atoms with E-state index in [0.29, 0.717) is 11.1 Å². The lowest BCUT2D eigenvalue weighted by Gasteiger charge is -2.14. The molecule has 110 valence electrons. The second-order valence-corrected chi connectivity index (χ2v) is 5.82. The Labute approximate surface area is 122 Å². The zero-order valence-electron chi connectivity index (χ0n) is 11.6. The Morgan fingerprint density at radius 3 is 2.14 bits per heavy atom. The molecule has 1 N–H and O–H groups in total. The first kappa shape index (κ1) is 15.3. The van der Waals surface area contributed by atoms with Crippen molar-refractivity contribution in [2.75, 3.05) is 0 Å². The van der Waals surface area contributed by atoms with Crippen molar-refractivity contribution in [3.05, 3.63) is 65.2 Å². The SMILES string of the molecule is Cc1cccc(C)c1C(=O)OP(=O)(O)Oc1ccccc1. The molecule has 0 aliphatic carbocycles. The molecule has 5 nitrogen and oxygen atoms in total. The van der Waals surface area contributed by atoms with Crippen molar-refractivity contribution in [1.82, 2.24) is 0 Å². The third-order valence-electron chi connectivity index (χ3n) is 2.85. The number of hydrogen-bond donors (Lipinski definition) is 1. The topological polar surface area (TPSA) is 72.8 Å². The molecule has 0 aliphatic rings. The monoisotopic (exact) mass is 306 g/mol. The molecule has 0 spiro atoms. The van der Waals surface area contributed by atoms with Crippen LogP contribution in [0.1, 0.15) is 21.5 Å². The highest BCUT2D eigenvalue weighted by atomic mass is 31.2. The summed E-state index contributed by atoms with van der Waals surface area (Å²) in [6, 6.07) is 13.3. The van der Waals surface area contributed by atoms with Crippen LogP contribution in [-0.2, 0) is 9.09 Å². The van der Waals surface area contributed by atoms with Crippen LogP contribution in [0.15, 0.2) is 48.5 Å². The minimum absolute atomic E-state index is 0.151. The van der Waals surface area contributed by atoms with E-state index in [0.717, 1.165) is 0 Å². The van der Waals surface area contributed by atoms with Crippen LogP contribution in [0.5, 0.6) is 5.75 Å². The molecule has 0 heterocycles. The van der Waals surface area contributed by atoms with E-state index in [2.05, 4.69) is 4.52 Å². The van der Waals surface area contributed by atoms with Crippen LogP contribution in [0, 0.1) is 13.8 Å². The van der Waals surface area contributed by atoms with Gasteiger partial charge in [0.1, 0.15) is 5.75 Å². The fourth-order valence-electron chi connectivity index (χ4n) is 1.92. The first-order chi connectivity index (χ1) is 9.89. The second-order valence-electron chi connectivity index (χ2n) is 4.52. The molecule has 6 heteroatoms. The van der Waals surface area contributed by atoms with Gasteiger partial charge in [-0.05, 0) is 37.1 Å². The summed E-state index contributed by atoms with van der Waals surface area (Å²) in [5, 5.41) is 0. The number of para-hydroxylation sites is 1. The predicted molar refractivity (Wildman–Crippen MR) is 78.2 cm³/mol. The molecular weight excluding hydrogens is 291 g/mol. The number of phosphoric acid groups is 1. The first-order valence-electron chi connectivity index (χ1n) is 6.26. The molecule has 21 heavy (non-hydrogen) atoms. The molecule has 0 amide bonds. The van der Waals surface area contributed by atoms with E-state index in [4.69, 9.17) is 4.52 Å². The molecule has 0 radical (unpaired) electrons. The molecule has 2 rings (SSSR count). The molecule has 0 saturated carbocycles. The lowest BCUT2D eigenvalue weighted by atomic mass is 10.0. The quantitative estimate of drug-likeness (QED) is 0.873. The molecule has 2 aromatic carbocycles. The standard InChI is InChI=1S/C15H15O5P/c1-11-7-6-8-12(2)14(11)15(16)20-21(17,18)19-13-9-4-3-5-10-13/h3-10H,1-2H3,(H,17,18). The minimum atomic E-state index is -4.53. The molecule has 2 aromatic rings. The van der Waals surface area contributed by atoms with Crippen molar-refractivity contribution in [3.63, 3.8) is 0 Å². The van der Waals surface area contributed by atoms with Gasteiger partial charge in [0.25, 0.3) is 0 Å². The maximum absolute atomic E-state index is 12.1. The maximum atomic E-state index is 12.1. The smallest absolute Gasteiger partial charge is 0.395 e. The Morgan fingerprint density at radius 1 is 1.00 bits per heavy atom.